The summed E-state index contributed by atoms with van der Waals surface area (Å²) in [6, 6.07) is 11.0. The van der Waals surface area contributed by atoms with Crippen LogP contribution in [0, 0.1) is 0 Å². The Morgan fingerprint density at radius 1 is 1.23 bits per heavy atom. The SMILES string of the molecule is COc1ccc2c(c1)ncn2CCCCNc1ccc(C(N)=O)cc1N. The summed E-state index contributed by atoms with van der Waals surface area (Å²) < 4.78 is 7.37. The normalized spacial score (nSPS) is 10.8. The van der Waals surface area contributed by atoms with Crippen LogP contribution in [-0.4, -0.2) is 29.1 Å². The van der Waals surface area contributed by atoms with Crippen molar-refractivity contribution in [2.75, 3.05) is 24.7 Å². The molecule has 0 aliphatic rings. The second kappa shape index (κ2) is 7.77. The molecule has 3 rings (SSSR count). The number of primary amides is 1. The number of benzene rings is 2. The number of hydrogen-bond acceptors (Lipinski definition) is 5. The zero-order chi connectivity index (χ0) is 18.5. The van der Waals surface area contributed by atoms with Crippen LogP contribution in [0.15, 0.2) is 42.7 Å². The minimum Gasteiger partial charge on any atom is -0.497 e. The Morgan fingerprint density at radius 3 is 2.81 bits per heavy atom. The summed E-state index contributed by atoms with van der Waals surface area (Å²) in [7, 11) is 1.65. The highest BCUT2D eigenvalue weighted by Gasteiger charge is 2.05. The Morgan fingerprint density at radius 2 is 2.08 bits per heavy atom. The number of carbonyl (C=O) groups is 1. The molecule has 0 radical (unpaired) electrons. The summed E-state index contributed by atoms with van der Waals surface area (Å²) in [6.07, 6.45) is 3.84. The van der Waals surface area contributed by atoms with Gasteiger partial charge in [0.05, 0.1) is 35.8 Å². The monoisotopic (exact) mass is 353 g/mol. The van der Waals surface area contributed by atoms with Gasteiger partial charge in [-0.3, -0.25) is 4.79 Å². The van der Waals surface area contributed by atoms with E-state index in [9.17, 15) is 4.79 Å². The first kappa shape index (κ1) is 17.6. The molecule has 136 valence electrons. The molecule has 1 amide bonds. The summed E-state index contributed by atoms with van der Waals surface area (Å²) in [5.41, 5.74) is 15.0. The second-order valence-corrected chi connectivity index (χ2v) is 6.09. The van der Waals surface area contributed by atoms with E-state index in [2.05, 4.69) is 14.9 Å². The van der Waals surface area contributed by atoms with Gasteiger partial charge in [0.2, 0.25) is 5.91 Å². The molecule has 26 heavy (non-hydrogen) atoms. The highest BCUT2D eigenvalue weighted by Crippen LogP contribution is 2.21. The average molecular weight is 353 g/mol. The summed E-state index contributed by atoms with van der Waals surface area (Å²) >= 11 is 0. The van der Waals surface area contributed by atoms with Crippen LogP contribution in [-0.2, 0) is 6.54 Å². The number of nitrogens with one attached hydrogen (secondary N) is 1. The van der Waals surface area contributed by atoms with Crippen molar-refractivity contribution < 1.29 is 9.53 Å². The molecule has 0 saturated carbocycles. The maximum Gasteiger partial charge on any atom is 0.248 e. The van der Waals surface area contributed by atoms with Crippen molar-refractivity contribution in [3.05, 3.63) is 48.3 Å². The number of fused-ring (bicyclic) bond motifs is 1. The maximum absolute atomic E-state index is 11.1. The number of hydrogen-bond donors (Lipinski definition) is 3. The number of imidazole rings is 1. The van der Waals surface area contributed by atoms with Crippen LogP contribution in [0.2, 0.25) is 0 Å². The molecule has 3 aromatic rings. The number of carbonyl (C=O) groups excluding carboxylic acids is 1. The quantitative estimate of drug-likeness (QED) is 0.426. The van der Waals surface area contributed by atoms with Gasteiger partial charge < -0.3 is 26.1 Å². The lowest BCUT2D eigenvalue weighted by molar-refractivity contribution is 0.100. The molecule has 2 aromatic carbocycles. The molecule has 0 spiro atoms. The fraction of sp³-hybridized carbons (Fsp3) is 0.263. The lowest BCUT2D eigenvalue weighted by Crippen LogP contribution is -2.12. The van der Waals surface area contributed by atoms with Gasteiger partial charge in [0.15, 0.2) is 0 Å². The molecule has 0 saturated heterocycles. The number of anilines is 2. The first-order valence-electron chi connectivity index (χ1n) is 8.50. The van der Waals surface area contributed by atoms with Crippen molar-refractivity contribution in [2.45, 2.75) is 19.4 Å². The van der Waals surface area contributed by atoms with Crippen LogP contribution < -0.4 is 21.5 Å². The number of unbranched alkanes of at least 4 members (excludes halogenated alkanes) is 1. The fourth-order valence-corrected chi connectivity index (χ4v) is 2.86. The number of amides is 1. The standard InChI is InChI=1S/C19H23N5O2/c1-26-14-5-7-18-17(11-14)23-12-24(18)9-3-2-8-22-16-6-4-13(19(21)25)10-15(16)20/h4-7,10-12,22H,2-3,8-9,20H2,1H3,(H2,21,25). The molecule has 0 aliphatic heterocycles. The van der Waals surface area contributed by atoms with Crippen LogP contribution >= 0.6 is 0 Å². The lowest BCUT2D eigenvalue weighted by atomic mass is 10.1. The van der Waals surface area contributed by atoms with Gasteiger partial charge >= 0.3 is 0 Å². The van der Waals surface area contributed by atoms with Crippen molar-refractivity contribution in [3.8, 4) is 5.75 Å². The average Bonchev–Trinajstić information content (AvgIpc) is 3.04. The highest BCUT2D eigenvalue weighted by atomic mass is 16.5. The van der Waals surface area contributed by atoms with E-state index in [0.29, 0.717) is 11.3 Å². The Balaban J connectivity index is 1.50. The predicted octanol–water partition coefficient (Wildman–Crippen LogP) is 2.62. The third kappa shape index (κ3) is 3.88. The van der Waals surface area contributed by atoms with Gasteiger partial charge in [0.25, 0.3) is 0 Å². The first-order chi connectivity index (χ1) is 12.6. The Hall–Kier alpha value is -3.22. The molecule has 7 heteroatoms. The zero-order valence-corrected chi connectivity index (χ0v) is 14.7. The molecule has 7 nitrogen and oxygen atoms in total. The second-order valence-electron chi connectivity index (χ2n) is 6.09. The van der Waals surface area contributed by atoms with Crippen LogP contribution in [0.25, 0.3) is 11.0 Å². The molecule has 0 fully saturated rings. The number of ether oxygens (including phenoxy) is 1. The smallest absolute Gasteiger partial charge is 0.248 e. The Kier molecular flexibility index (Phi) is 5.26. The molecule has 1 heterocycles. The van der Waals surface area contributed by atoms with E-state index >= 15 is 0 Å². The van der Waals surface area contributed by atoms with Crippen molar-refractivity contribution in [1.82, 2.24) is 9.55 Å². The van der Waals surface area contributed by atoms with Crippen molar-refractivity contribution in [3.63, 3.8) is 0 Å². The van der Waals surface area contributed by atoms with Crippen molar-refractivity contribution in [2.24, 2.45) is 5.73 Å². The largest absolute Gasteiger partial charge is 0.497 e. The van der Waals surface area contributed by atoms with E-state index in [0.717, 1.165) is 48.4 Å². The number of aromatic nitrogens is 2. The Labute approximate surface area is 152 Å². The minimum absolute atomic E-state index is 0.414. The van der Waals surface area contributed by atoms with Crippen molar-refractivity contribution in [1.29, 1.82) is 0 Å². The molecule has 0 atom stereocenters. The summed E-state index contributed by atoms with van der Waals surface area (Å²) in [5, 5.41) is 3.29. The van der Waals surface area contributed by atoms with Gasteiger partial charge in [-0.05, 0) is 43.2 Å². The van der Waals surface area contributed by atoms with Crippen LogP contribution in [0.4, 0.5) is 11.4 Å². The van der Waals surface area contributed by atoms with Gasteiger partial charge in [-0.2, -0.15) is 0 Å². The topological polar surface area (TPSA) is 108 Å². The van der Waals surface area contributed by atoms with E-state index in [1.165, 1.54) is 0 Å². The van der Waals surface area contributed by atoms with E-state index in [4.69, 9.17) is 16.2 Å². The molecular formula is C19H23N5O2. The number of aryl methyl sites for hydroxylation is 1. The first-order valence-corrected chi connectivity index (χ1v) is 8.50. The highest BCUT2D eigenvalue weighted by molar-refractivity contribution is 5.94. The zero-order valence-electron chi connectivity index (χ0n) is 14.7. The maximum atomic E-state index is 11.1. The van der Waals surface area contributed by atoms with E-state index in [1.54, 1.807) is 25.3 Å². The van der Waals surface area contributed by atoms with Crippen LogP contribution in [0.1, 0.15) is 23.2 Å². The van der Waals surface area contributed by atoms with Gasteiger partial charge in [-0.1, -0.05) is 0 Å². The molecule has 1 aromatic heterocycles. The Bertz CT molecular complexity index is 919. The van der Waals surface area contributed by atoms with Gasteiger partial charge in [-0.15, -0.1) is 0 Å². The number of rotatable bonds is 8. The fourth-order valence-electron chi connectivity index (χ4n) is 2.86. The number of nitrogens with two attached hydrogens (primary N) is 2. The third-order valence-electron chi connectivity index (χ3n) is 4.31. The van der Waals surface area contributed by atoms with Gasteiger partial charge in [0.1, 0.15) is 5.75 Å². The van der Waals surface area contributed by atoms with Crippen molar-refractivity contribution >= 4 is 28.3 Å². The summed E-state index contributed by atoms with van der Waals surface area (Å²) in [5.74, 6) is 0.334. The van der Waals surface area contributed by atoms with Crippen LogP contribution in [0.5, 0.6) is 5.75 Å². The van der Waals surface area contributed by atoms with E-state index in [-0.39, 0.29) is 0 Å². The number of nitrogens with zero attached hydrogens (tertiary/aromatic N) is 2. The minimum atomic E-state index is -0.478. The number of methoxy groups -OCH3 is 1. The van der Waals surface area contributed by atoms with E-state index in [1.807, 2.05) is 24.5 Å². The molecule has 5 N–H and O–H groups in total. The van der Waals surface area contributed by atoms with Gasteiger partial charge in [-0.25, -0.2) is 4.98 Å². The lowest BCUT2D eigenvalue weighted by Gasteiger charge is -2.10. The molecule has 0 unspecified atom stereocenters. The van der Waals surface area contributed by atoms with E-state index < -0.39 is 5.91 Å². The van der Waals surface area contributed by atoms with Gasteiger partial charge in [0, 0.05) is 24.7 Å². The predicted molar refractivity (Wildman–Crippen MR) is 103 cm³/mol. The van der Waals surface area contributed by atoms with Crippen LogP contribution in [0.3, 0.4) is 0 Å². The number of nitrogen functional groups attached to an aromatic ring is 1. The summed E-state index contributed by atoms with van der Waals surface area (Å²) in [4.78, 5) is 15.6. The third-order valence-corrected chi connectivity index (χ3v) is 4.31. The molecule has 0 aliphatic carbocycles. The molecule has 0 bridgehead atoms. The summed E-state index contributed by atoms with van der Waals surface area (Å²) in [6.45, 7) is 1.68. The molecular weight excluding hydrogens is 330 g/mol.